The molecule has 0 saturated heterocycles. The molecule has 0 aliphatic carbocycles. The highest BCUT2D eigenvalue weighted by atomic mass is 16.5. The molecule has 0 fully saturated rings. The number of ether oxygens (including phenoxy) is 1. The third-order valence-electron chi connectivity index (χ3n) is 7.29. The lowest BCUT2D eigenvalue weighted by molar-refractivity contribution is -0.140. The van der Waals surface area contributed by atoms with Gasteiger partial charge in [0.2, 0.25) is 0 Å². The minimum Gasteiger partial charge on any atom is -0.469 e. The largest absolute Gasteiger partial charge is 0.469 e. The maximum Gasteiger partial charge on any atom is 0.305 e. The second-order valence-electron chi connectivity index (χ2n) is 10.7. The van der Waals surface area contributed by atoms with Crippen molar-refractivity contribution in [2.45, 2.75) is 186 Å². The first-order valence-electron chi connectivity index (χ1n) is 15.5. The maximum atomic E-state index is 11.1. The predicted octanol–water partition coefficient (Wildman–Crippen LogP) is 10.1. The second kappa shape index (κ2) is 28.7. The van der Waals surface area contributed by atoms with Gasteiger partial charge in [-0.15, -0.1) is 0 Å². The quantitative estimate of drug-likeness (QED) is 0.0891. The molecule has 3 nitrogen and oxygen atoms in total. The molecule has 0 radical (unpaired) electrons. The van der Waals surface area contributed by atoms with Crippen molar-refractivity contribution in [3.63, 3.8) is 0 Å². The van der Waals surface area contributed by atoms with Crippen molar-refractivity contribution in [2.24, 2.45) is 0 Å². The third kappa shape index (κ3) is 27.7. The number of unbranched alkanes of at least 4 members (excludes halogenated alkanes) is 22. The van der Waals surface area contributed by atoms with E-state index in [4.69, 9.17) is 0 Å². The van der Waals surface area contributed by atoms with Crippen molar-refractivity contribution < 1.29 is 14.6 Å². The Morgan fingerprint density at radius 2 is 0.824 bits per heavy atom. The summed E-state index contributed by atoms with van der Waals surface area (Å²) in [5, 5.41) is 9.95. The molecule has 1 N–H and O–H groups in total. The molecule has 0 aromatic rings. The summed E-state index contributed by atoms with van der Waals surface area (Å²) in [5.74, 6) is -0.174. The number of aliphatic hydroxyl groups is 1. The van der Waals surface area contributed by atoms with E-state index in [2.05, 4.69) is 11.7 Å². The van der Waals surface area contributed by atoms with Crippen LogP contribution in [0.5, 0.6) is 0 Å². The summed E-state index contributed by atoms with van der Waals surface area (Å²) in [4.78, 5) is 11.1. The van der Waals surface area contributed by atoms with E-state index >= 15 is 0 Å². The number of carbonyl (C=O) groups excluding carboxylic acids is 1. The highest BCUT2D eigenvalue weighted by molar-refractivity contribution is 5.68. The molecule has 204 valence electrons. The highest BCUT2D eigenvalue weighted by Gasteiger charge is 2.06. The summed E-state index contributed by atoms with van der Waals surface area (Å²) in [5.41, 5.74) is 0. The number of carbonyl (C=O) groups is 1. The fraction of sp³-hybridized carbons (Fsp3) is 0.968. The Labute approximate surface area is 214 Å². The first-order chi connectivity index (χ1) is 16.7. The van der Waals surface area contributed by atoms with Crippen LogP contribution in [-0.4, -0.2) is 24.3 Å². The third-order valence-corrected chi connectivity index (χ3v) is 7.29. The van der Waals surface area contributed by atoms with E-state index < -0.39 is 0 Å². The molecule has 0 aromatic heterocycles. The SMILES string of the molecule is CCCCCCCCCCCCCCCCCCCCCCCCC[C@H](O)CCCC(=O)OC. The Balaban J connectivity index is 3.10. The molecule has 0 aliphatic heterocycles. The first-order valence-corrected chi connectivity index (χ1v) is 15.5. The predicted molar refractivity (Wildman–Crippen MR) is 148 cm³/mol. The van der Waals surface area contributed by atoms with Crippen molar-refractivity contribution in [1.29, 1.82) is 0 Å². The molecule has 0 saturated carbocycles. The molecule has 0 amide bonds. The molecular weight excluding hydrogens is 420 g/mol. The minimum atomic E-state index is -0.250. The van der Waals surface area contributed by atoms with E-state index in [0.717, 1.165) is 19.3 Å². The van der Waals surface area contributed by atoms with Gasteiger partial charge < -0.3 is 9.84 Å². The van der Waals surface area contributed by atoms with Crippen molar-refractivity contribution in [2.75, 3.05) is 7.11 Å². The molecule has 34 heavy (non-hydrogen) atoms. The van der Waals surface area contributed by atoms with Crippen molar-refractivity contribution in [1.82, 2.24) is 0 Å². The van der Waals surface area contributed by atoms with Crippen LogP contribution in [0, 0.1) is 0 Å². The van der Waals surface area contributed by atoms with Crippen molar-refractivity contribution >= 4 is 5.97 Å². The van der Waals surface area contributed by atoms with E-state index in [1.807, 2.05) is 0 Å². The van der Waals surface area contributed by atoms with Gasteiger partial charge in [-0.2, -0.15) is 0 Å². The Bertz CT molecular complexity index is 396. The average Bonchev–Trinajstić information content (AvgIpc) is 2.84. The normalized spacial score (nSPS) is 12.2. The van der Waals surface area contributed by atoms with Gasteiger partial charge in [-0.1, -0.05) is 155 Å². The summed E-state index contributed by atoms with van der Waals surface area (Å²) >= 11 is 0. The molecule has 0 unspecified atom stereocenters. The van der Waals surface area contributed by atoms with Gasteiger partial charge in [-0.3, -0.25) is 4.79 Å². The Morgan fingerprint density at radius 3 is 1.15 bits per heavy atom. The molecule has 0 aromatic carbocycles. The second-order valence-corrected chi connectivity index (χ2v) is 10.7. The standard InChI is InChI=1S/C31H62O3/c1-3-4-5-6-7-8-9-10-11-12-13-14-15-16-17-18-19-20-21-22-23-24-25-27-30(32)28-26-29-31(33)34-2/h30,32H,3-29H2,1-2H3/t30-/m0/s1. The number of hydrogen-bond donors (Lipinski definition) is 1. The number of methoxy groups -OCH3 is 1. The van der Waals surface area contributed by atoms with Crippen LogP contribution in [0.15, 0.2) is 0 Å². The lowest BCUT2D eigenvalue weighted by Gasteiger charge is -2.09. The Morgan fingerprint density at radius 1 is 0.529 bits per heavy atom. The Kier molecular flexibility index (Phi) is 28.2. The number of esters is 1. The highest BCUT2D eigenvalue weighted by Crippen LogP contribution is 2.16. The van der Waals surface area contributed by atoms with Crippen LogP contribution in [0.25, 0.3) is 0 Å². The van der Waals surface area contributed by atoms with Gasteiger partial charge in [-0.25, -0.2) is 0 Å². The van der Waals surface area contributed by atoms with Crippen molar-refractivity contribution in [3.8, 4) is 0 Å². The van der Waals surface area contributed by atoms with E-state index in [9.17, 15) is 9.90 Å². The molecule has 0 spiro atoms. The van der Waals surface area contributed by atoms with Crippen LogP contribution in [-0.2, 0) is 9.53 Å². The summed E-state index contributed by atoms with van der Waals surface area (Å²) in [6, 6.07) is 0. The van der Waals surface area contributed by atoms with E-state index in [-0.39, 0.29) is 12.1 Å². The zero-order chi connectivity index (χ0) is 25.0. The van der Waals surface area contributed by atoms with Crippen LogP contribution in [0.1, 0.15) is 180 Å². The fourth-order valence-electron chi connectivity index (χ4n) is 4.89. The molecule has 0 rings (SSSR count). The monoisotopic (exact) mass is 482 g/mol. The van der Waals surface area contributed by atoms with Gasteiger partial charge in [0.1, 0.15) is 0 Å². The Hall–Kier alpha value is -0.570. The topological polar surface area (TPSA) is 46.5 Å². The summed E-state index contributed by atoms with van der Waals surface area (Å²) < 4.78 is 4.62. The van der Waals surface area contributed by atoms with Crippen LogP contribution in [0.3, 0.4) is 0 Å². The summed E-state index contributed by atoms with van der Waals surface area (Å²) in [7, 11) is 1.42. The number of hydrogen-bond acceptors (Lipinski definition) is 3. The zero-order valence-electron chi connectivity index (χ0n) is 23.4. The number of aliphatic hydroxyl groups excluding tert-OH is 1. The average molecular weight is 483 g/mol. The molecule has 1 atom stereocenters. The van der Waals surface area contributed by atoms with E-state index in [0.29, 0.717) is 12.8 Å². The van der Waals surface area contributed by atoms with Crippen LogP contribution >= 0.6 is 0 Å². The van der Waals surface area contributed by atoms with Gasteiger partial charge in [0.05, 0.1) is 13.2 Å². The van der Waals surface area contributed by atoms with Gasteiger partial charge in [0.15, 0.2) is 0 Å². The van der Waals surface area contributed by atoms with Gasteiger partial charge >= 0.3 is 5.97 Å². The number of rotatable bonds is 28. The van der Waals surface area contributed by atoms with Gasteiger partial charge in [0, 0.05) is 6.42 Å². The molecule has 0 bridgehead atoms. The van der Waals surface area contributed by atoms with E-state index in [1.54, 1.807) is 0 Å². The smallest absolute Gasteiger partial charge is 0.305 e. The molecule has 0 aliphatic rings. The fourth-order valence-corrected chi connectivity index (χ4v) is 4.89. The maximum absolute atomic E-state index is 11.1. The minimum absolute atomic E-state index is 0.174. The zero-order valence-corrected chi connectivity index (χ0v) is 23.4. The lowest BCUT2D eigenvalue weighted by Crippen LogP contribution is -2.08. The first kappa shape index (κ1) is 33.4. The van der Waals surface area contributed by atoms with Crippen molar-refractivity contribution in [3.05, 3.63) is 0 Å². The molecular formula is C31H62O3. The van der Waals surface area contributed by atoms with Gasteiger partial charge in [-0.05, 0) is 19.3 Å². The molecule has 0 heterocycles. The van der Waals surface area contributed by atoms with Crippen LogP contribution < -0.4 is 0 Å². The summed E-state index contributed by atoms with van der Waals surface area (Å²) in [6.07, 6.45) is 34.8. The molecule has 3 heteroatoms. The summed E-state index contributed by atoms with van der Waals surface area (Å²) in [6.45, 7) is 2.29. The van der Waals surface area contributed by atoms with Crippen LogP contribution in [0.2, 0.25) is 0 Å². The van der Waals surface area contributed by atoms with Crippen LogP contribution in [0.4, 0.5) is 0 Å². The van der Waals surface area contributed by atoms with Gasteiger partial charge in [0.25, 0.3) is 0 Å². The lowest BCUT2D eigenvalue weighted by atomic mass is 10.0. The van der Waals surface area contributed by atoms with E-state index in [1.165, 1.54) is 148 Å².